The van der Waals surface area contributed by atoms with Crippen LogP contribution >= 0.6 is 22.9 Å². The number of carbonyl (C=O) groups is 2. The number of fused-ring (bicyclic) bond motifs is 1. The minimum absolute atomic E-state index is 0.214. The van der Waals surface area contributed by atoms with Crippen LogP contribution in [0.4, 0.5) is 0 Å². The van der Waals surface area contributed by atoms with E-state index in [1.807, 2.05) is 12.1 Å². The van der Waals surface area contributed by atoms with Crippen molar-refractivity contribution in [2.24, 2.45) is 4.99 Å². The second kappa shape index (κ2) is 9.89. The molecule has 3 aromatic rings. The molecule has 0 fully saturated rings. The number of aromatic nitrogens is 1. The Labute approximate surface area is 209 Å². The van der Waals surface area contributed by atoms with Gasteiger partial charge in [0.2, 0.25) is 0 Å². The number of halogens is 1. The highest BCUT2D eigenvalue weighted by atomic mass is 35.5. The normalized spacial score (nSPS) is 15.3. The van der Waals surface area contributed by atoms with Gasteiger partial charge in [0, 0.05) is 11.9 Å². The lowest BCUT2D eigenvalue weighted by Crippen LogP contribution is -2.39. The van der Waals surface area contributed by atoms with Crippen LogP contribution in [0.1, 0.15) is 31.0 Å². The first-order valence-corrected chi connectivity index (χ1v) is 11.7. The van der Waals surface area contributed by atoms with Crippen LogP contribution in [0.5, 0.6) is 11.5 Å². The van der Waals surface area contributed by atoms with Crippen LogP contribution < -0.4 is 24.4 Å². The van der Waals surface area contributed by atoms with E-state index in [4.69, 9.17) is 25.8 Å². The second-order valence-electron chi connectivity index (χ2n) is 7.60. The Kier molecular flexibility index (Phi) is 6.90. The topological polar surface area (TPSA) is 96.2 Å². The molecule has 0 aliphatic carbocycles. The summed E-state index contributed by atoms with van der Waals surface area (Å²) in [6.07, 6.45) is 1.70. The van der Waals surface area contributed by atoms with E-state index >= 15 is 0 Å². The van der Waals surface area contributed by atoms with E-state index in [2.05, 4.69) is 4.99 Å². The Hall–Kier alpha value is -3.69. The van der Waals surface area contributed by atoms with Gasteiger partial charge in [-0.05, 0) is 42.3 Å². The number of ether oxygens (including phenoxy) is 3. The number of hydrogen-bond acceptors (Lipinski definition) is 8. The van der Waals surface area contributed by atoms with Crippen LogP contribution in [0.15, 0.2) is 63.5 Å². The summed E-state index contributed by atoms with van der Waals surface area (Å²) < 4.78 is 17.5. The quantitative estimate of drug-likeness (QED) is 0.385. The van der Waals surface area contributed by atoms with Gasteiger partial charge in [0.1, 0.15) is 0 Å². The zero-order chi connectivity index (χ0) is 25.3. The molecule has 0 saturated heterocycles. The first kappa shape index (κ1) is 24.4. The van der Waals surface area contributed by atoms with Crippen molar-refractivity contribution in [3.63, 3.8) is 0 Å². The minimum atomic E-state index is -0.840. The fourth-order valence-corrected chi connectivity index (χ4v) is 5.06. The molecule has 1 aliphatic rings. The molecule has 0 saturated carbocycles. The van der Waals surface area contributed by atoms with Gasteiger partial charge in [0.15, 0.2) is 16.3 Å². The molecule has 0 amide bonds. The van der Waals surface area contributed by atoms with Crippen molar-refractivity contribution < 1.29 is 23.8 Å². The summed E-state index contributed by atoms with van der Waals surface area (Å²) in [4.78, 5) is 42.8. The molecule has 0 radical (unpaired) electrons. The summed E-state index contributed by atoms with van der Waals surface area (Å²) in [7, 11) is 2.70. The van der Waals surface area contributed by atoms with Gasteiger partial charge in [-0.2, -0.15) is 0 Å². The lowest BCUT2D eigenvalue weighted by Gasteiger charge is -2.25. The highest BCUT2D eigenvalue weighted by Crippen LogP contribution is 2.36. The zero-order valence-corrected chi connectivity index (χ0v) is 20.9. The van der Waals surface area contributed by atoms with Crippen LogP contribution in [0.25, 0.3) is 6.08 Å². The van der Waals surface area contributed by atoms with Crippen LogP contribution in [-0.4, -0.2) is 30.7 Å². The molecule has 8 nitrogen and oxygen atoms in total. The van der Waals surface area contributed by atoms with Gasteiger partial charge in [0.05, 0.1) is 36.1 Å². The number of rotatable bonds is 5. The molecule has 35 heavy (non-hydrogen) atoms. The van der Waals surface area contributed by atoms with Crippen LogP contribution in [0.2, 0.25) is 5.02 Å². The highest BCUT2D eigenvalue weighted by Gasteiger charge is 2.33. The predicted octanol–water partition coefficient (Wildman–Crippen LogP) is 3.00. The van der Waals surface area contributed by atoms with Crippen molar-refractivity contribution in [1.82, 2.24) is 4.57 Å². The van der Waals surface area contributed by atoms with E-state index in [9.17, 15) is 14.4 Å². The molecule has 0 N–H and O–H groups in total. The summed E-state index contributed by atoms with van der Waals surface area (Å²) >= 11 is 7.48. The van der Waals surface area contributed by atoms with E-state index < -0.39 is 18.0 Å². The Morgan fingerprint density at radius 2 is 1.89 bits per heavy atom. The maximum atomic E-state index is 13.6. The second-order valence-corrected chi connectivity index (χ2v) is 9.02. The number of thiazole rings is 1. The molecule has 2 aromatic carbocycles. The van der Waals surface area contributed by atoms with Gasteiger partial charge in [0.25, 0.3) is 5.56 Å². The summed E-state index contributed by atoms with van der Waals surface area (Å²) in [6.45, 7) is 2.97. The summed E-state index contributed by atoms with van der Waals surface area (Å²) in [5.41, 5.74) is 1.54. The van der Waals surface area contributed by atoms with Crippen LogP contribution in [-0.2, 0) is 14.3 Å². The molecule has 2 heterocycles. The van der Waals surface area contributed by atoms with Crippen LogP contribution in [0, 0.1) is 0 Å². The third-order valence-corrected chi connectivity index (χ3v) is 6.70. The zero-order valence-electron chi connectivity index (χ0n) is 19.3. The van der Waals surface area contributed by atoms with Gasteiger partial charge in [-0.25, -0.2) is 9.79 Å². The van der Waals surface area contributed by atoms with Gasteiger partial charge < -0.3 is 14.2 Å². The molecule has 0 spiro atoms. The Bertz CT molecular complexity index is 1550. The molecular formula is C25H21ClN2O6S. The van der Waals surface area contributed by atoms with Gasteiger partial charge in [-0.1, -0.05) is 47.2 Å². The van der Waals surface area contributed by atoms with Crippen molar-refractivity contribution in [2.45, 2.75) is 19.9 Å². The average Bonchev–Trinajstić information content (AvgIpc) is 3.13. The highest BCUT2D eigenvalue weighted by molar-refractivity contribution is 7.07. The number of carbonyl (C=O) groups excluding carboxylic acids is 2. The van der Waals surface area contributed by atoms with E-state index in [0.717, 1.165) is 0 Å². The van der Waals surface area contributed by atoms with E-state index in [0.29, 0.717) is 31.2 Å². The number of esters is 2. The SMILES string of the molecule is COC(=O)C1=C(C)N=c2s/c(=C/c3ccccc3Cl)c(=O)n2[C@@H]1c1ccc(OC(C)=O)c(OC)c1. The Balaban J connectivity index is 1.97. The molecule has 180 valence electrons. The van der Waals surface area contributed by atoms with E-state index in [-0.39, 0.29) is 22.6 Å². The van der Waals surface area contributed by atoms with Gasteiger partial charge in [-0.3, -0.25) is 14.2 Å². The molecule has 1 aromatic heterocycles. The standard InChI is InChI=1S/C25H21ClN2O6S/c1-13-21(24(31)33-4)22(16-9-10-18(34-14(2)29)19(11-16)32-3)28-23(30)20(35-25(28)27-13)12-15-7-5-6-8-17(15)26/h5-12,22H,1-4H3/b20-12+/t22-/m1/s1. The lowest BCUT2D eigenvalue weighted by atomic mass is 9.95. The summed E-state index contributed by atoms with van der Waals surface area (Å²) in [5.74, 6) is -0.626. The van der Waals surface area contributed by atoms with Crippen molar-refractivity contribution >= 4 is 41.0 Å². The van der Waals surface area contributed by atoms with Crippen molar-refractivity contribution in [3.05, 3.63) is 89.6 Å². The first-order valence-electron chi connectivity index (χ1n) is 10.5. The fourth-order valence-electron chi connectivity index (χ4n) is 3.83. The average molecular weight is 513 g/mol. The smallest absolute Gasteiger partial charge is 0.338 e. The maximum absolute atomic E-state index is 13.6. The molecule has 0 bridgehead atoms. The maximum Gasteiger partial charge on any atom is 0.338 e. The Morgan fingerprint density at radius 3 is 2.54 bits per heavy atom. The Morgan fingerprint density at radius 1 is 1.14 bits per heavy atom. The number of nitrogens with zero attached hydrogens (tertiary/aromatic N) is 2. The minimum Gasteiger partial charge on any atom is -0.493 e. The van der Waals surface area contributed by atoms with E-state index in [1.54, 1.807) is 43.3 Å². The number of allylic oxidation sites excluding steroid dienone is 1. The van der Waals surface area contributed by atoms with Crippen LogP contribution in [0.3, 0.4) is 0 Å². The summed E-state index contributed by atoms with van der Waals surface area (Å²) in [6, 6.07) is 11.2. The van der Waals surface area contributed by atoms with Gasteiger partial charge in [-0.15, -0.1) is 0 Å². The van der Waals surface area contributed by atoms with Gasteiger partial charge >= 0.3 is 11.9 Å². The van der Waals surface area contributed by atoms with Crippen molar-refractivity contribution in [1.29, 1.82) is 0 Å². The van der Waals surface area contributed by atoms with Crippen molar-refractivity contribution in [2.75, 3.05) is 14.2 Å². The third kappa shape index (κ3) is 4.65. The number of methoxy groups -OCH3 is 2. The van der Waals surface area contributed by atoms with Crippen molar-refractivity contribution in [3.8, 4) is 11.5 Å². The fraction of sp³-hybridized carbons (Fsp3) is 0.200. The predicted molar refractivity (Wildman–Crippen MR) is 132 cm³/mol. The number of benzene rings is 2. The molecule has 1 atom stereocenters. The third-order valence-electron chi connectivity index (χ3n) is 5.38. The summed E-state index contributed by atoms with van der Waals surface area (Å²) in [5, 5.41) is 0.507. The molecule has 10 heteroatoms. The molecule has 4 rings (SSSR count). The largest absolute Gasteiger partial charge is 0.493 e. The molecule has 1 aliphatic heterocycles. The lowest BCUT2D eigenvalue weighted by molar-refractivity contribution is -0.136. The first-order chi connectivity index (χ1) is 16.7. The molecular weight excluding hydrogens is 492 g/mol. The molecule has 0 unspecified atom stereocenters. The number of hydrogen-bond donors (Lipinski definition) is 0. The monoisotopic (exact) mass is 512 g/mol. The van der Waals surface area contributed by atoms with E-state index in [1.165, 1.54) is 37.0 Å².